The number of hydrogen-bond donors (Lipinski definition) is 1. The Morgan fingerprint density at radius 2 is 2.35 bits per heavy atom. The number of nitrogens with zero attached hydrogens (tertiary/aromatic N) is 1. The average Bonchev–Trinajstić information content (AvgIpc) is 2.95. The molecular weight excluding hydrogens is 340 g/mol. The number of aromatic nitrogens is 1. The van der Waals surface area contributed by atoms with Gasteiger partial charge in [0, 0.05) is 15.5 Å². The second-order valence-corrected chi connectivity index (χ2v) is 5.77. The van der Waals surface area contributed by atoms with Gasteiger partial charge >= 0.3 is 5.97 Å². The number of carbonyl (C=O) groups is 1. The Morgan fingerprint density at radius 1 is 1.55 bits per heavy atom. The van der Waals surface area contributed by atoms with Crippen LogP contribution in [0.5, 0.6) is 0 Å². The van der Waals surface area contributed by atoms with Crippen LogP contribution in [-0.2, 0) is 4.74 Å². The van der Waals surface area contributed by atoms with Crippen LogP contribution in [-0.4, -0.2) is 17.6 Å². The van der Waals surface area contributed by atoms with Crippen LogP contribution in [0.2, 0.25) is 0 Å². The van der Waals surface area contributed by atoms with Crippen molar-refractivity contribution in [3.05, 3.63) is 44.8 Å². The highest BCUT2D eigenvalue weighted by Crippen LogP contribution is 2.27. The van der Waals surface area contributed by atoms with E-state index in [9.17, 15) is 4.79 Å². The summed E-state index contributed by atoms with van der Waals surface area (Å²) in [5.41, 5.74) is 4.26. The first kappa shape index (κ1) is 15.0. The molecule has 1 N–H and O–H groups in total. The Kier molecular flexibility index (Phi) is 5.14. The van der Waals surface area contributed by atoms with Gasteiger partial charge in [-0.3, -0.25) is 0 Å². The zero-order chi connectivity index (χ0) is 14.5. The van der Waals surface area contributed by atoms with E-state index in [1.165, 1.54) is 0 Å². The molecule has 0 amide bonds. The number of nitrogens with one attached hydrogen (secondary N) is 1. The first-order valence-corrected chi connectivity index (χ1v) is 7.96. The van der Waals surface area contributed by atoms with E-state index in [0.717, 1.165) is 15.9 Å². The molecule has 0 fully saturated rings. The van der Waals surface area contributed by atoms with Crippen molar-refractivity contribution >= 4 is 38.9 Å². The molecule has 6 heteroatoms. The summed E-state index contributed by atoms with van der Waals surface area (Å²) in [7, 11) is 0. The molecule has 1 aromatic carbocycles. The van der Waals surface area contributed by atoms with Crippen LogP contribution in [0.1, 0.15) is 35.9 Å². The second-order valence-electron chi connectivity index (χ2n) is 4.19. The van der Waals surface area contributed by atoms with Crippen molar-refractivity contribution in [1.29, 1.82) is 0 Å². The normalized spacial score (nSPS) is 11.9. The van der Waals surface area contributed by atoms with Gasteiger partial charge in [-0.15, -0.1) is 11.3 Å². The third-order valence-corrected chi connectivity index (χ3v) is 4.01. The zero-order valence-corrected chi connectivity index (χ0v) is 13.6. The van der Waals surface area contributed by atoms with Crippen LogP contribution in [0.25, 0.3) is 0 Å². The van der Waals surface area contributed by atoms with Crippen molar-refractivity contribution < 1.29 is 9.53 Å². The number of hydrogen-bond acceptors (Lipinski definition) is 5. The van der Waals surface area contributed by atoms with E-state index in [2.05, 4.69) is 26.2 Å². The first-order valence-electron chi connectivity index (χ1n) is 6.23. The van der Waals surface area contributed by atoms with Crippen molar-refractivity contribution in [2.24, 2.45) is 0 Å². The molecule has 0 bridgehead atoms. The summed E-state index contributed by atoms with van der Waals surface area (Å²) >= 11 is 5.04. The maximum absolute atomic E-state index is 11.6. The number of halogens is 1. The summed E-state index contributed by atoms with van der Waals surface area (Å²) in [6.07, 6.45) is 0. The van der Waals surface area contributed by atoms with Crippen LogP contribution in [0.4, 0.5) is 5.69 Å². The van der Waals surface area contributed by atoms with E-state index in [1.54, 1.807) is 30.4 Å². The first-order chi connectivity index (χ1) is 9.61. The summed E-state index contributed by atoms with van der Waals surface area (Å²) in [6.45, 7) is 4.20. The summed E-state index contributed by atoms with van der Waals surface area (Å²) in [4.78, 5) is 15.9. The van der Waals surface area contributed by atoms with Gasteiger partial charge in [0.15, 0.2) is 0 Å². The quantitative estimate of drug-likeness (QED) is 0.815. The molecule has 1 unspecified atom stereocenters. The Bertz CT molecular complexity index is 587. The number of carbonyl (C=O) groups excluding carboxylic acids is 1. The fraction of sp³-hybridized carbons (Fsp3) is 0.286. The minimum absolute atomic E-state index is 0.103. The molecule has 0 radical (unpaired) electrons. The van der Waals surface area contributed by atoms with E-state index in [4.69, 9.17) is 4.74 Å². The average molecular weight is 355 g/mol. The highest BCUT2D eigenvalue weighted by atomic mass is 79.9. The lowest BCUT2D eigenvalue weighted by molar-refractivity contribution is 0.0526. The lowest BCUT2D eigenvalue weighted by atomic mass is 10.2. The second kappa shape index (κ2) is 6.85. The van der Waals surface area contributed by atoms with Crippen molar-refractivity contribution in [2.75, 3.05) is 11.9 Å². The van der Waals surface area contributed by atoms with Crippen molar-refractivity contribution in [2.45, 2.75) is 19.9 Å². The molecule has 0 aliphatic carbocycles. The number of anilines is 1. The molecule has 2 aromatic rings. The van der Waals surface area contributed by atoms with Gasteiger partial charge < -0.3 is 10.1 Å². The standard InChI is InChI=1S/C14H15BrN2O2S/c1-3-19-14(18)10-4-5-12(11(15)6-10)17-9(2)13-7-20-8-16-13/h4-9,17H,3H2,1-2H3. The van der Waals surface area contributed by atoms with Crippen molar-refractivity contribution in [3.63, 3.8) is 0 Å². The van der Waals surface area contributed by atoms with Gasteiger partial charge in [-0.05, 0) is 48.0 Å². The highest BCUT2D eigenvalue weighted by molar-refractivity contribution is 9.10. The van der Waals surface area contributed by atoms with Crippen molar-refractivity contribution in [3.8, 4) is 0 Å². The number of rotatable bonds is 5. The van der Waals surface area contributed by atoms with Crippen LogP contribution in [0, 0.1) is 0 Å². The predicted octanol–water partition coefficient (Wildman–Crippen LogP) is 4.26. The van der Waals surface area contributed by atoms with Crippen LogP contribution in [0.15, 0.2) is 33.6 Å². The topological polar surface area (TPSA) is 51.2 Å². The Morgan fingerprint density at radius 3 is 2.95 bits per heavy atom. The van der Waals surface area contributed by atoms with Crippen LogP contribution in [0.3, 0.4) is 0 Å². The van der Waals surface area contributed by atoms with Gasteiger partial charge in [-0.25, -0.2) is 9.78 Å². The molecule has 2 rings (SSSR count). The zero-order valence-electron chi connectivity index (χ0n) is 11.2. The van der Waals surface area contributed by atoms with E-state index in [-0.39, 0.29) is 12.0 Å². The third-order valence-electron chi connectivity index (χ3n) is 2.75. The van der Waals surface area contributed by atoms with E-state index in [1.807, 2.05) is 23.9 Å². The van der Waals surface area contributed by atoms with Crippen LogP contribution >= 0.6 is 27.3 Å². The molecule has 4 nitrogen and oxygen atoms in total. The number of ether oxygens (including phenoxy) is 1. The molecular formula is C14H15BrN2O2S. The maximum Gasteiger partial charge on any atom is 0.338 e. The van der Waals surface area contributed by atoms with Gasteiger partial charge in [0.2, 0.25) is 0 Å². The SMILES string of the molecule is CCOC(=O)c1ccc(NC(C)c2cscn2)c(Br)c1. The third kappa shape index (κ3) is 3.58. The molecule has 0 spiro atoms. The van der Waals surface area contributed by atoms with Gasteiger partial charge in [-0.2, -0.15) is 0 Å². The maximum atomic E-state index is 11.6. The van der Waals surface area contributed by atoms with E-state index in [0.29, 0.717) is 12.2 Å². The van der Waals surface area contributed by atoms with Gasteiger partial charge in [0.05, 0.1) is 29.4 Å². The molecule has 0 saturated carbocycles. The van der Waals surface area contributed by atoms with Gasteiger partial charge in [0.1, 0.15) is 0 Å². The Labute approximate surface area is 130 Å². The summed E-state index contributed by atoms with van der Waals surface area (Å²) < 4.78 is 5.80. The van der Waals surface area contributed by atoms with Crippen LogP contribution < -0.4 is 5.32 Å². The molecule has 1 atom stereocenters. The largest absolute Gasteiger partial charge is 0.462 e. The Hall–Kier alpha value is -1.40. The van der Waals surface area contributed by atoms with Crippen molar-refractivity contribution in [1.82, 2.24) is 4.98 Å². The molecule has 1 aromatic heterocycles. The molecule has 0 aliphatic heterocycles. The van der Waals surface area contributed by atoms with E-state index < -0.39 is 0 Å². The fourth-order valence-electron chi connectivity index (χ4n) is 1.72. The smallest absolute Gasteiger partial charge is 0.338 e. The lowest BCUT2D eigenvalue weighted by Crippen LogP contribution is -2.09. The number of thiazole rings is 1. The summed E-state index contributed by atoms with van der Waals surface area (Å²) in [5, 5.41) is 5.37. The van der Waals surface area contributed by atoms with Gasteiger partial charge in [0.25, 0.3) is 0 Å². The number of esters is 1. The monoisotopic (exact) mass is 354 g/mol. The van der Waals surface area contributed by atoms with Gasteiger partial charge in [-0.1, -0.05) is 0 Å². The predicted molar refractivity (Wildman–Crippen MR) is 84.3 cm³/mol. The van der Waals surface area contributed by atoms with E-state index >= 15 is 0 Å². The fourth-order valence-corrected chi connectivity index (χ4v) is 2.86. The number of benzene rings is 1. The molecule has 106 valence electrons. The Balaban J connectivity index is 2.12. The summed E-state index contributed by atoms with van der Waals surface area (Å²) in [6, 6.07) is 5.47. The highest BCUT2D eigenvalue weighted by Gasteiger charge is 2.12. The molecule has 20 heavy (non-hydrogen) atoms. The molecule has 0 saturated heterocycles. The summed E-state index contributed by atoms with van der Waals surface area (Å²) in [5.74, 6) is -0.313. The minimum atomic E-state index is -0.313. The molecule has 1 heterocycles. The molecule has 0 aliphatic rings. The lowest BCUT2D eigenvalue weighted by Gasteiger charge is -2.15. The minimum Gasteiger partial charge on any atom is -0.462 e.